The summed E-state index contributed by atoms with van der Waals surface area (Å²) in [6, 6.07) is 6.10. The maximum absolute atomic E-state index is 11.1. The maximum atomic E-state index is 11.1. The largest absolute Gasteiger partial charge is 0.497 e. The Bertz CT molecular complexity index is 517. The Hall–Kier alpha value is -1.77. The van der Waals surface area contributed by atoms with Crippen molar-refractivity contribution in [3.05, 3.63) is 34.9 Å². The Morgan fingerprint density at radius 2 is 2.22 bits per heavy atom. The Labute approximate surface area is 108 Å². The zero-order valence-corrected chi connectivity index (χ0v) is 11.1. The maximum Gasteiger partial charge on any atom is 0.221 e. The first-order valence-corrected chi connectivity index (χ1v) is 6.18. The number of benzene rings is 1. The van der Waals surface area contributed by atoms with E-state index in [0.717, 1.165) is 12.2 Å². The summed E-state index contributed by atoms with van der Waals surface area (Å²) in [6.07, 6.45) is 1.30. The Balaban J connectivity index is 2.46. The number of amides is 1. The number of primary amides is 1. The summed E-state index contributed by atoms with van der Waals surface area (Å²) >= 11 is 0. The molecule has 0 saturated carbocycles. The van der Waals surface area contributed by atoms with Gasteiger partial charge in [0.05, 0.1) is 7.11 Å². The second-order valence-electron chi connectivity index (χ2n) is 4.92. The van der Waals surface area contributed by atoms with Gasteiger partial charge in [-0.2, -0.15) is 0 Å². The zero-order chi connectivity index (χ0) is 13.3. The minimum absolute atomic E-state index is 0.256. The number of fused-ring (bicyclic) bond motifs is 1. The number of methoxy groups -OCH3 is 1. The summed E-state index contributed by atoms with van der Waals surface area (Å²) in [5, 5.41) is 0. The van der Waals surface area contributed by atoms with Gasteiger partial charge in [-0.3, -0.25) is 4.79 Å². The average Bonchev–Trinajstić information content (AvgIpc) is 2.33. The van der Waals surface area contributed by atoms with Crippen LogP contribution in [0.25, 0.3) is 5.57 Å². The molecular formula is C15H19NO2. The van der Waals surface area contributed by atoms with Gasteiger partial charge < -0.3 is 10.5 Å². The van der Waals surface area contributed by atoms with Crippen LogP contribution in [0.3, 0.4) is 0 Å². The second kappa shape index (κ2) is 4.84. The van der Waals surface area contributed by atoms with Gasteiger partial charge in [0.2, 0.25) is 5.91 Å². The van der Waals surface area contributed by atoms with Crippen molar-refractivity contribution < 1.29 is 9.53 Å². The SMILES string of the molecule is COc1ccc2c(c1)CC(C)C(CC(N)=O)=C2C. The van der Waals surface area contributed by atoms with Gasteiger partial charge in [-0.1, -0.05) is 18.6 Å². The van der Waals surface area contributed by atoms with E-state index in [9.17, 15) is 4.79 Å². The number of nitrogens with two attached hydrogens (primary N) is 1. The van der Waals surface area contributed by atoms with E-state index in [0.29, 0.717) is 12.3 Å². The van der Waals surface area contributed by atoms with Gasteiger partial charge in [0.1, 0.15) is 5.75 Å². The van der Waals surface area contributed by atoms with Crippen molar-refractivity contribution >= 4 is 11.5 Å². The molecule has 0 radical (unpaired) electrons. The molecule has 0 spiro atoms. The summed E-state index contributed by atoms with van der Waals surface area (Å²) in [7, 11) is 1.68. The monoisotopic (exact) mass is 245 g/mol. The summed E-state index contributed by atoms with van der Waals surface area (Å²) in [5.41, 5.74) is 10.2. The molecule has 18 heavy (non-hydrogen) atoms. The number of rotatable bonds is 3. The topological polar surface area (TPSA) is 52.3 Å². The van der Waals surface area contributed by atoms with Gasteiger partial charge in [-0.05, 0) is 48.1 Å². The Kier molecular flexibility index (Phi) is 3.41. The van der Waals surface area contributed by atoms with Crippen molar-refractivity contribution in [3.63, 3.8) is 0 Å². The molecule has 1 atom stereocenters. The second-order valence-corrected chi connectivity index (χ2v) is 4.92. The molecule has 0 aromatic heterocycles. The summed E-state index contributed by atoms with van der Waals surface area (Å²) in [6.45, 7) is 4.21. The van der Waals surface area contributed by atoms with Crippen molar-refractivity contribution in [2.24, 2.45) is 11.7 Å². The highest BCUT2D eigenvalue weighted by molar-refractivity contribution is 5.82. The van der Waals surface area contributed by atoms with Crippen LogP contribution in [0.5, 0.6) is 5.75 Å². The van der Waals surface area contributed by atoms with E-state index in [4.69, 9.17) is 10.5 Å². The quantitative estimate of drug-likeness (QED) is 0.889. The molecule has 1 amide bonds. The van der Waals surface area contributed by atoms with Crippen LogP contribution < -0.4 is 10.5 Å². The number of carbonyl (C=O) groups excluding carboxylic acids is 1. The normalized spacial score (nSPS) is 18.5. The van der Waals surface area contributed by atoms with Crippen molar-refractivity contribution in [2.75, 3.05) is 7.11 Å². The standard InChI is InChI=1S/C15H19NO2/c1-9-6-11-7-12(18-3)4-5-13(11)10(2)14(9)8-15(16)17/h4-5,7,9H,6,8H2,1-3H3,(H2,16,17). The van der Waals surface area contributed by atoms with Crippen LogP contribution in [0.4, 0.5) is 0 Å². The minimum atomic E-state index is -0.256. The highest BCUT2D eigenvalue weighted by atomic mass is 16.5. The fraction of sp³-hybridized carbons (Fsp3) is 0.400. The molecule has 1 aromatic rings. The van der Waals surface area contributed by atoms with Crippen molar-refractivity contribution in [2.45, 2.75) is 26.7 Å². The Morgan fingerprint density at radius 1 is 1.50 bits per heavy atom. The van der Waals surface area contributed by atoms with E-state index in [1.807, 2.05) is 6.07 Å². The van der Waals surface area contributed by atoms with Crippen molar-refractivity contribution in [3.8, 4) is 5.75 Å². The van der Waals surface area contributed by atoms with Crippen LogP contribution in [0, 0.1) is 5.92 Å². The van der Waals surface area contributed by atoms with Crippen LogP contribution in [-0.4, -0.2) is 13.0 Å². The van der Waals surface area contributed by atoms with Crippen molar-refractivity contribution in [1.29, 1.82) is 0 Å². The lowest BCUT2D eigenvalue weighted by Gasteiger charge is -2.27. The molecule has 2 N–H and O–H groups in total. The summed E-state index contributed by atoms with van der Waals surface area (Å²) in [5.74, 6) is 0.984. The molecule has 1 unspecified atom stereocenters. The van der Waals surface area contributed by atoms with E-state index >= 15 is 0 Å². The molecule has 0 aliphatic heterocycles. The van der Waals surface area contributed by atoms with E-state index in [1.54, 1.807) is 7.11 Å². The lowest BCUT2D eigenvalue weighted by Crippen LogP contribution is -2.19. The lowest BCUT2D eigenvalue weighted by molar-refractivity contribution is -0.117. The summed E-state index contributed by atoms with van der Waals surface area (Å²) < 4.78 is 5.25. The van der Waals surface area contributed by atoms with Crippen LogP contribution in [-0.2, 0) is 11.2 Å². The number of hydrogen-bond acceptors (Lipinski definition) is 2. The predicted molar refractivity (Wildman–Crippen MR) is 72.3 cm³/mol. The van der Waals surface area contributed by atoms with Crippen molar-refractivity contribution in [1.82, 2.24) is 0 Å². The third kappa shape index (κ3) is 2.26. The van der Waals surface area contributed by atoms with Gasteiger partial charge in [0, 0.05) is 6.42 Å². The molecule has 0 bridgehead atoms. The summed E-state index contributed by atoms with van der Waals surface area (Å²) in [4.78, 5) is 11.1. The molecule has 0 fully saturated rings. The van der Waals surface area contributed by atoms with Crippen LogP contribution in [0.2, 0.25) is 0 Å². The highest BCUT2D eigenvalue weighted by Gasteiger charge is 2.23. The van der Waals surface area contributed by atoms with Gasteiger partial charge in [-0.15, -0.1) is 0 Å². The average molecular weight is 245 g/mol. The first kappa shape index (κ1) is 12.7. The first-order chi connectivity index (χ1) is 8.52. The van der Waals surface area contributed by atoms with Gasteiger partial charge >= 0.3 is 0 Å². The van der Waals surface area contributed by atoms with E-state index in [-0.39, 0.29) is 5.91 Å². The zero-order valence-electron chi connectivity index (χ0n) is 11.1. The third-order valence-corrected chi connectivity index (χ3v) is 3.68. The number of ether oxygens (including phenoxy) is 1. The number of hydrogen-bond donors (Lipinski definition) is 1. The third-order valence-electron chi connectivity index (χ3n) is 3.68. The molecule has 3 nitrogen and oxygen atoms in total. The van der Waals surface area contributed by atoms with Crippen LogP contribution in [0.15, 0.2) is 23.8 Å². The molecule has 2 rings (SSSR count). The Morgan fingerprint density at radius 3 is 2.83 bits per heavy atom. The smallest absolute Gasteiger partial charge is 0.221 e. The van der Waals surface area contributed by atoms with Gasteiger partial charge in [0.25, 0.3) is 0 Å². The predicted octanol–water partition coefficient (Wildman–Crippen LogP) is 2.54. The highest BCUT2D eigenvalue weighted by Crippen LogP contribution is 2.37. The first-order valence-electron chi connectivity index (χ1n) is 6.18. The van der Waals surface area contributed by atoms with E-state index < -0.39 is 0 Å². The molecule has 1 aliphatic carbocycles. The van der Waals surface area contributed by atoms with Crippen LogP contribution >= 0.6 is 0 Å². The molecule has 96 valence electrons. The molecule has 1 aromatic carbocycles. The molecule has 3 heteroatoms. The van der Waals surface area contributed by atoms with Gasteiger partial charge in [-0.25, -0.2) is 0 Å². The molecular weight excluding hydrogens is 226 g/mol. The minimum Gasteiger partial charge on any atom is -0.497 e. The van der Waals surface area contributed by atoms with E-state index in [2.05, 4.69) is 26.0 Å². The molecule has 1 aliphatic rings. The molecule has 0 heterocycles. The van der Waals surface area contributed by atoms with Crippen LogP contribution in [0.1, 0.15) is 31.4 Å². The number of allylic oxidation sites excluding steroid dienone is 1. The number of carbonyl (C=O) groups is 1. The van der Waals surface area contributed by atoms with E-state index in [1.165, 1.54) is 22.3 Å². The molecule has 0 saturated heterocycles. The lowest BCUT2D eigenvalue weighted by atomic mass is 9.78. The van der Waals surface area contributed by atoms with Gasteiger partial charge in [0.15, 0.2) is 0 Å². The fourth-order valence-corrected chi connectivity index (χ4v) is 2.72. The fourth-order valence-electron chi connectivity index (χ4n) is 2.72.